The van der Waals surface area contributed by atoms with E-state index in [0.29, 0.717) is 13.1 Å². The standard InChI is InChI=1S/C13H19BrN2O3S/c1-4-16(5-2)13(17)9-15-20(18,19)11-6-7-12(14)10(3)8-11/h6-8,15H,4-5,9H2,1-3H3. The number of halogens is 1. The Kier molecular flexibility index (Phi) is 6.16. The Morgan fingerprint density at radius 1 is 1.30 bits per heavy atom. The molecule has 1 aromatic rings. The smallest absolute Gasteiger partial charge is 0.241 e. The zero-order valence-corrected chi connectivity index (χ0v) is 14.2. The van der Waals surface area contributed by atoms with Crippen LogP contribution in [0.5, 0.6) is 0 Å². The van der Waals surface area contributed by atoms with Gasteiger partial charge in [-0.05, 0) is 44.5 Å². The van der Waals surface area contributed by atoms with Gasteiger partial charge in [-0.2, -0.15) is 0 Å². The SMILES string of the molecule is CCN(CC)C(=O)CNS(=O)(=O)c1ccc(Br)c(C)c1. The van der Waals surface area contributed by atoms with Crippen molar-refractivity contribution in [3.63, 3.8) is 0 Å². The summed E-state index contributed by atoms with van der Waals surface area (Å²) >= 11 is 3.32. The lowest BCUT2D eigenvalue weighted by Crippen LogP contribution is -2.39. The number of hydrogen-bond donors (Lipinski definition) is 1. The number of amides is 1. The van der Waals surface area contributed by atoms with Crippen molar-refractivity contribution < 1.29 is 13.2 Å². The molecule has 0 aliphatic rings. The van der Waals surface area contributed by atoms with Crippen LogP contribution in [0.2, 0.25) is 0 Å². The van der Waals surface area contributed by atoms with E-state index < -0.39 is 10.0 Å². The first-order chi connectivity index (χ1) is 9.31. The summed E-state index contributed by atoms with van der Waals surface area (Å²) in [5, 5.41) is 0. The molecule has 0 aliphatic heterocycles. The molecule has 7 heteroatoms. The van der Waals surface area contributed by atoms with Crippen LogP contribution in [-0.4, -0.2) is 38.9 Å². The van der Waals surface area contributed by atoms with E-state index in [4.69, 9.17) is 0 Å². The Labute approximate surface area is 128 Å². The van der Waals surface area contributed by atoms with Crippen LogP contribution in [0.25, 0.3) is 0 Å². The number of likely N-dealkylation sites (N-methyl/N-ethyl adjacent to an activating group) is 1. The quantitative estimate of drug-likeness (QED) is 0.840. The molecule has 0 atom stereocenters. The van der Waals surface area contributed by atoms with Gasteiger partial charge in [-0.15, -0.1) is 0 Å². The number of benzene rings is 1. The van der Waals surface area contributed by atoms with Crippen LogP contribution in [0.1, 0.15) is 19.4 Å². The molecule has 0 fully saturated rings. The third-order valence-corrected chi connectivity index (χ3v) is 5.26. The van der Waals surface area contributed by atoms with Crippen molar-refractivity contribution in [2.45, 2.75) is 25.7 Å². The fourth-order valence-corrected chi connectivity index (χ4v) is 3.02. The van der Waals surface area contributed by atoms with Crippen molar-refractivity contribution in [2.75, 3.05) is 19.6 Å². The van der Waals surface area contributed by atoms with Gasteiger partial charge in [0.25, 0.3) is 0 Å². The molecule has 0 aliphatic carbocycles. The maximum Gasteiger partial charge on any atom is 0.241 e. The minimum Gasteiger partial charge on any atom is -0.342 e. The van der Waals surface area contributed by atoms with Crippen molar-refractivity contribution in [1.29, 1.82) is 0 Å². The van der Waals surface area contributed by atoms with E-state index in [9.17, 15) is 13.2 Å². The Morgan fingerprint density at radius 2 is 1.90 bits per heavy atom. The van der Waals surface area contributed by atoms with Gasteiger partial charge < -0.3 is 4.90 Å². The molecule has 1 amide bonds. The zero-order chi connectivity index (χ0) is 15.3. The number of sulfonamides is 1. The fourth-order valence-electron chi connectivity index (χ4n) is 1.71. The Balaban J connectivity index is 2.80. The van der Waals surface area contributed by atoms with Crippen molar-refractivity contribution in [2.24, 2.45) is 0 Å². The average molecular weight is 363 g/mol. The van der Waals surface area contributed by atoms with Crippen LogP contribution in [0.3, 0.4) is 0 Å². The van der Waals surface area contributed by atoms with E-state index in [2.05, 4.69) is 20.7 Å². The van der Waals surface area contributed by atoms with Crippen LogP contribution >= 0.6 is 15.9 Å². The average Bonchev–Trinajstić information content (AvgIpc) is 2.41. The Hall–Kier alpha value is -0.920. The maximum absolute atomic E-state index is 12.1. The van der Waals surface area contributed by atoms with Gasteiger partial charge in [0, 0.05) is 17.6 Å². The number of carbonyl (C=O) groups is 1. The van der Waals surface area contributed by atoms with Crippen LogP contribution in [0.15, 0.2) is 27.6 Å². The lowest BCUT2D eigenvalue weighted by atomic mass is 10.2. The molecule has 0 spiro atoms. The molecule has 0 unspecified atom stereocenters. The zero-order valence-electron chi connectivity index (χ0n) is 11.8. The number of carbonyl (C=O) groups excluding carboxylic acids is 1. The summed E-state index contributed by atoms with van der Waals surface area (Å²) in [7, 11) is -3.66. The van der Waals surface area contributed by atoms with Crippen LogP contribution in [0.4, 0.5) is 0 Å². The fraction of sp³-hybridized carbons (Fsp3) is 0.462. The maximum atomic E-state index is 12.1. The largest absolute Gasteiger partial charge is 0.342 e. The molecular weight excluding hydrogens is 344 g/mol. The number of rotatable bonds is 6. The van der Waals surface area contributed by atoms with Crippen molar-refractivity contribution in [3.05, 3.63) is 28.2 Å². The van der Waals surface area contributed by atoms with E-state index in [-0.39, 0.29) is 17.3 Å². The predicted octanol–water partition coefficient (Wildman–Crippen LogP) is 1.90. The highest BCUT2D eigenvalue weighted by Gasteiger charge is 2.18. The minimum absolute atomic E-state index is 0.158. The first-order valence-electron chi connectivity index (χ1n) is 6.35. The number of nitrogens with one attached hydrogen (secondary N) is 1. The second-order valence-electron chi connectivity index (χ2n) is 4.30. The van der Waals surface area contributed by atoms with Crippen LogP contribution in [0, 0.1) is 6.92 Å². The normalized spacial score (nSPS) is 11.4. The topological polar surface area (TPSA) is 66.5 Å². The number of aryl methyl sites for hydroxylation is 1. The minimum atomic E-state index is -3.66. The second-order valence-corrected chi connectivity index (χ2v) is 6.92. The van der Waals surface area contributed by atoms with Gasteiger partial charge >= 0.3 is 0 Å². The molecule has 0 saturated heterocycles. The predicted molar refractivity (Wildman–Crippen MR) is 82.0 cm³/mol. The van der Waals surface area contributed by atoms with E-state index in [1.807, 2.05) is 20.8 Å². The van der Waals surface area contributed by atoms with Crippen LogP contribution < -0.4 is 4.72 Å². The summed E-state index contributed by atoms with van der Waals surface area (Å²) in [5.41, 5.74) is 0.822. The van der Waals surface area contributed by atoms with E-state index in [1.54, 1.807) is 17.0 Å². The molecule has 0 aromatic heterocycles. The Bertz CT molecular complexity index is 583. The van der Waals surface area contributed by atoms with Gasteiger partial charge in [0.2, 0.25) is 15.9 Å². The highest BCUT2D eigenvalue weighted by Crippen LogP contribution is 2.19. The first kappa shape index (κ1) is 17.1. The molecule has 112 valence electrons. The first-order valence-corrected chi connectivity index (χ1v) is 8.63. The summed E-state index contributed by atoms with van der Waals surface area (Å²) in [4.78, 5) is 13.5. The summed E-state index contributed by atoms with van der Waals surface area (Å²) in [6, 6.07) is 4.74. The van der Waals surface area contributed by atoms with Crippen LogP contribution in [-0.2, 0) is 14.8 Å². The molecule has 1 aromatic carbocycles. The summed E-state index contributed by atoms with van der Waals surface area (Å²) in [5.74, 6) is -0.229. The van der Waals surface area contributed by atoms with Gasteiger partial charge in [-0.25, -0.2) is 13.1 Å². The number of hydrogen-bond acceptors (Lipinski definition) is 3. The van der Waals surface area contributed by atoms with Crippen molar-refractivity contribution >= 4 is 31.9 Å². The third kappa shape index (κ3) is 4.29. The molecule has 0 radical (unpaired) electrons. The highest BCUT2D eigenvalue weighted by atomic mass is 79.9. The summed E-state index contributed by atoms with van der Waals surface area (Å²) < 4.78 is 27.4. The third-order valence-electron chi connectivity index (χ3n) is 2.97. The van der Waals surface area contributed by atoms with Gasteiger partial charge in [0.15, 0.2) is 0 Å². The molecule has 0 heterocycles. The van der Waals surface area contributed by atoms with Gasteiger partial charge in [-0.3, -0.25) is 4.79 Å². The van der Waals surface area contributed by atoms with Gasteiger partial charge in [-0.1, -0.05) is 15.9 Å². The number of nitrogens with zero attached hydrogens (tertiary/aromatic N) is 1. The van der Waals surface area contributed by atoms with Crippen molar-refractivity contribution in [1.82, 2.24) is 9.62 Å². The second kappa shape index (κ2) is 7.19. The summed E-state index contributed by atoms with van der Waals surface area (Å²) in [6.45, 7) is 6.42. The van der Waals surface area contributed by atoms with E-state index in [0.717, 1.165) is 10.0 Å². The van der Waals surface area contributed by atoms with E-state index in [1.165, 1.54) is 6.07 Å². The molecule has 0 bridgehead atoms. The molecule has 0 saturated carbocycles. The Morgan fingerprint density at radius 3 is 2.40 bits per heavy atom. The lowest BCUT2D eigenvalue weighted by molar-refractivity contribution is -0.129. The van der Waals surface area contributed by atoms with Gasteiger partial charge in [0.1, 0.15) is 0 Å². The summed E-state index contributed by atoms with van der Waals surface area (Å²) in [6.07, 6.45) is 0. The van der Waals surface area contributed by atoms with Gasteiger partial charge in [0.05, 0.1) is 11.4 Å². The lowest BCUT2D eigenvalue weighted by Gasteiger charge is -2.18. The molecule has 20 heavy (non-hydrogen) atoms. The molecule has 1 rings (SSSR count). The molecular formula is C13H19BrN2O3S. The monoisotopic (exact) mass is 362 g/mol. The molecule has 5 nitrogen and oxygen atoms in total. The molecule has 1 N–H and O–H groups in total. The van der Waals surface area contributed by atoms with Crippen molar-refractivity contribution in [3.8, 4) is 0 Å². The highest BCUT2D eigenvalue weighted by molar-refractivity contribution is 9.10. The van der Waals surface area contributed by atoms with E-state index >= 15 is 0 Å².